The average molecular weight is 241 g/mol. The van der Waals surface area contributed by atoms with Gasteiger partial charge in [-0.25, -0.2) is 0 Å². The minimum Gasteiger partial charge on any atom is -0.198 e. The van der Waals surface area contributed by atoms with Crippen LogP contribution in [0.3, 0.4) is 0 Å². The van der Waals surface area contributed by atoms with Crippen LogP contribution in [0.4, 0.5) is 0 Å². The average Bonchev–Trinajstić information content (AvgIpc) is 2.45. The van der Waals surface area contributed by atoms with Gasteiger partial charge in [-0.2, -0.15) is 5.26 Å². The zero-order valence-electron chi connectivity index (χ0n) is 10.4. The second-order valence-corrected chi connectivity index (χ2v) is 4.96. The van der Waals surface area contributed by atoms with Crippen molar-refractivity contribution in [3.05, 3.63) is 60.2 Å². The molecule has 88 valence electrons. The molecule has 0 saturated carbocycles. The maximum Gasteiger partial charge on any atom is 0.0669 e. The fourth-order valence-corrected chi connectivity index (χ4v) is 3.01. The number of nitrogens with zero attached hydrogens (tertiary/aromatic N) is 1. The summed E-state index contributed by atoms with van der Waals surface area (Å²) in [6.45, 7) is 0. The van der Waals surface area contributed by atoms with Crippen molar-refractivity contribution in [1.82, 2.24) is 0 Å². The van der Waals surface area contributed by atoms with Crippen molar-refractivity contribution < 1.29 is 0 Å². The fourth-order valence-electron chi connectivity index (χ4n) is 3.01. The van der Waals surface area contributed by atoms with Gasteiger partial charge in [-0.3, -0.25) is 0 Å². The highest BCUT2D eigenvalue weighted by atomic mass is 14.2. The quantitative estimate of drug-likeness (QED) is 0.445. The first-order valence-electron chi connectivity index (χ1n) is 6.40. The molecule has 4 aromatic carbocycles. The predicted molar refractivity (Wildman–Crippen MR) is 79.5 cm³/mol. The second-order valence-electron chi connectivity index (χ2n) is 4.96. The molecule has 0 heterocycles. The molecule has 0 aliphatic rings. The summed E-state index contributed by atoms with van der Waals surface area (Å²) in [7, 11) is 0. The van der Waals surface area contributed by atoms with Crippen LogP contribution in [0.1, 0.15) is 5.56 Å². The molecule has 4 aromatic rings. The lowest BCUT2D eigenvalue weighted by atomic mass is 9.92. The summed E-state index contributed by atoms with van der Waals surface area (Å²) >= 11 is 0. The first kappa shape index (κ1) is 10.3. The molecule has 0 N–H and O–H groups in total. The maximum atomic E-state index is 8.87. The SMILES string of the molecule is N#CCc1cc2ccc3cccc4ccc(c1)c2c34. The summed E-state index contributed by atoms with van der Waals surface area (Å²) in [5.74, 6) is 0. The third-order valence-corrected chi connectivity index (χ3v) is 3.81. The van der Waals surface area contributed by atoms with Crippen molar-refractivity contribution in [2.24, 2.45) is 0 Å². The lowest BCUT2D eigenvalue weighted by Crippen LogP contribution is -1.87. The van der Waals surface area contributed by atoms with Gasteiger partial charge >= 0.3 is 0 Å². The topological polar surface area (TPSA) is 23.8 Å². The van der Waals surface area contributed by atoms with Crippen LogP contribution in [-0.4, -0.2) is 0 Å². The lowest BCUT2D eigenvalue weighted by molar-refractivity contribution is 1.28. The Morgan fingerprint density at radius 3 is 1.84 bits per heavy atom. The van der Waals surface area contributed by atoms with Gasteiger partial charge in [0.1, 0.15) is 0 Å². The molecule has 0 saturated heterocycles. The van der Waals surface area contributed by atoms with E-state index in [-0.39, 0.29) is 0 Å². The molecule has 1 nitrogen and oxygen atoms in total. The smallest absolute Gasteiger partial charge is 0.0669 e. The van der Waals surface area contributed by atoms with Gasteiger partial charge in [0.2, 0.25) is 0 Å². The predicted octanol–water partition coefficient (Wildman–Crippen LogP) is 4.65. The second kappa shape index (κ2) is 3.70. The van der Waals surface area contributed by atoms with Gasteiger partial charge in [-0.1, -0.05) is 54.6 Å². The molecule has 19 heavy (non-hydrogen) atoms. The van der Waals surface area contributed by atoms with Crippen molar-refractivity contribution in [2.75, 3.05) is 0 Å². The Kier molecular flexibility index (Phi) is 2.01. The monoisotopic (exact) mass is 241 g/mol. The molecule has 0 radical (unpaired) electrons. The summed E-state index contributed by atoms with van der Waals surface area (Å²) in [5, 5.41) is 16.5. The zero-order chi connectivity index (χ0) is 12.8. The molecule has 0 aliphatic heterocycles. The zero-order valence-corrected chi connectivity index (χ0v) is 10.4. The number of rotatable bonds is 1. The number of nitriles is 1. The molecular weight excluding hydrogens is 230 g/mol. The standard InChI is InChI=1S/C18H11N/c19-9-8-12-10-15-6-4-13-2-1-3-14-5-7-16(11-12)18(15)17(13)14/h1-7,10-11H,8H2. The van der Waals surface area contributed by atoms with E-state index in [1.165, 1.54) is 32.3 Å². The van der Waals surface area contributed by atoms with E-state index < -0.39 is 0 Å². The Labute approximate surface area is 111 Å². The normalized spacial score (nSPS) is 11.3. The Bertz CT molecular complexity index is 880. The van der Waals surface area contributed by atoms with Crippen molar-refractivity contribution in [3.8, 4) is 6.07 Å². The molecule has 1 heteroatoms. The molecule has 0 bridgehead atoms. The van der Waals surface area contributed by atoms with Crippen molar-refractivity contribution in [1.29, 1.82) is 5.26 Å². The van der Waals surface area contributed by atoms with Gasteiger partial charge in [0.25, 0.3) is 0 Å². The Morgan fingerprint density at radius 2 is 1.26 bits per heavy atom. The van der Waals surface area contributed by atoms with E-state index in [1.807, 2.05) is 0 Å². The van der Waals surface area contributed by atoms with Gasteiger partial charge in [0, 0.05) is 0 Å². The molecular formula is C18H11N. The first-order chi connectivity index (χ1) is 9.36. The number of hydrogen-bond donors (Lipinski definition) is 0. The van der Waals surface area contributed by atoms with Gasteiger partial charge in [0.05, 0.1) is 12.5 Å². The van der Waals surface area contributed by atoms with Gasteiger partial charge < -0.3 is 0 Å². The fraction of sp³-hybridized carbons (Fsp3) is 0.0556. The van der Waals surface area contributed by atoms with E-state index in [0.29, 0.717) is 6.42 Å². The van der Waals surface area contributed by atoms with E-state index in [4.69, 9.17) is 5.26 Å². The Morgan fingerprint density at radius 1 is 0.737 bits per heavy atom. The van der Waals surface area contributed by atoms with Gasteiger partial charge in [-0.15, -0.1) is 0 Å². The summed E-state index contributed by atoms with van der Waals surface area (Å²) < 4.78 is 0. The molecule has 0 spiro atoms. The maximum absolute atomic E-state index is 8.87. The molecule has 4 rings (SSSR count). The Hall–Kier alpha value is -2.59. The molecule has 0 aliphatic carbocycles. The van der Waals surface area contributed by atoms with Crippen molar-refractivity contribution in [3.63, 3.8) is 0 Å². The van der Waals surface area contributed by atoms with E-state index in [1.54, 1.807) is 0 Å². The van der Waals surface area contributed by atoms with Crippen LogP contribution in [0, 0.1) is 11.3 Å². The van der Waals surface area contributed by atoms with Crippen LogP contribution in [0.15, 0.2) is 54.6 Å². The third-order valence-electron chi connectivity index (χ3n) is 3.81. The molecule has 0 atom stereocenters. The van der Waals surface area contributed by atoms with Crippen LogP contribution < -0.4 is 0 Å². The molecule has 0 amide bonds. The largest absolute Gasteiger partial charge is 0.198 e. The van der Waals surface area contributed by atoms with Gasteiger partial charge in [0.15, 0.2) is 0 Å². The third kappa shape index (κ3) is 1.41. The van der Waals surface area contributed by atoms with Crippen LogP contribution in [-0.2, 0) is 6.42 Å². The number of benzene rings is 4. The van der Waals surface area contributed by atoms with Crippen LogP contribution >= 0.6 is 0 Å². The molecule has 0 fully saturated rings. The minimum absolute atomic E-state index is 0.469. The highest BCUT2D eigenvalue weighted by Crippen LogP contribution is 2.34. The van der Waals surface area contributed by atoms with Gasteiger partial charge in [-0.05, 0) is 37.9 Å². The van der Waals surface area contributed by atoms with Crippen molar-refractivity contribution >= 4 is 32.3 Å². The molecule has 0 unspecified atom stereocenters. The van der Waals surface area contributed by atoms with Crippen LogP contribution in [0.5, 0.6) is 0 Å². The van der Waals surface area contributed by atoms with Crippen molar-refractivity contribution in [2.45, 2.75) is 6.42 Å². The molecule has 0 aromatic heterocycles. The highest BCUT2D eigenvalue weighted by Gasteiger charge is 2.08. The summed E-state index contributed by atoms with van der Waals surface area (Å²) in [6.07, 6.45) is 0.469. The van der Waals surface area contributed by atoms with E-state index in [0.717, 1.165) is 5.56 Å². The van der Waals surface area contributed by atoms with E-state index in [2.05, 4.69) is 60.7 Å². The summed E-state index contributed by atoms with van der Waals surface area (Å²) in [5.41, 5.74) is 1.09. The van der Waals surface area contributed by atoms with E-state index in [9.17, 15) is 0 Å². The van der Waals surface area contributed by atoms with E-state index >= 15 is 0 Å². The summed E-state index contributed by atoms with van der Waals surface area (Å²) in [4.78, 5) is 0. The summed E-state index contributed by atoms with van der Waals surface area (Å²) in [6, 6.07) is 21.6. The minimum atomic E-state index is 0.469. The highest BCUT2D eigenvalue weighted by molar-refractivity contribution is 6.23. The Balaban J connectivity index is 2.26. The number of hydrogen-bond acceptors (Lipinski definition) is 1. The first-order valence-corrected chi connectivity index (χ1v) is 6.40. The van der Waals surface area contributed by atoms with Crippen LogP contribution in [0.25, 0.3) is 32.3 Å². The lowest BCUT2D eigenvalue weighted by Gasteiger charge is -2.11. The van der Waals surface area contributed by atoms with Crippen LogP contribution in [0.2, 0.25) is 0 Å².